The predicted molar refractivity (Wildman–Crippen MR) is 40.8 cm³/mol. The Kier molecular flexibility index (Phi) is 2.77. The van der Waals surface area contributed by atoms with Crippen molar-refractivity contribution in [2.24, 2.45) is 5.92 Å². The largest absolute Gasteiger partial charge is 0.390 e. The zero-order chi connectivity index (χ0) is 8.97. The number of nitrogens with zero attached hydrogens (tertiary/aromatic N) is 4. The van der Waals surface area contributed by atoms with Gasteiger partial charge in [-0.1, -0.05) is 0 Å². The molecular weight excluding hydrogens is 156 g/mol. The first kappa shape index (κ1) is 8.68. The van der Waals surface area contributed by atoms with Crippen molar-refractivity contribution < 1.29 is 5.11 Å². The van der Waals surface area contributed by atoms with E-state index in [4.69, 9.17) is 5.26 Å². The summed E-state index contributed by atoms with van der Waals surface area (Å²) in [6, 6.07) is 1.97. The van der Waals surface area contributed by atoms with Crippen molar-refractivity contribution in [1.29, 1.82) is 5.26 Å². The monoisotopic (exact) mass is 166 g/mol. The maximum absolute atomic E-state index is 9.38. The number of hydrogen-bond acceptors (Lipinski definition) is 4. The molecule has 0 saturated heterocycles. The summed E-state index contributed by atoms with van der Waals surface area (Å²) in [5.74, 6) is -0.380. The number of aliphatic hydroxyl groups is 1. The van der Waals surface area contributed by atoms with Gasteiger partial charge >= 0.3 is 0 Å². The number of aliphatic hydroxyl groups excluding tert-OH is 1. The third-order valence-corrected chi connectivity index (χ3v) is 1.62. The van der Waals surface area contributed by atoms with E-state index in [1.54, 1.807) is 6.92 Å². The van der Waals surface area contributed by atoms with E-state index in [1.165, 1.54) is 17.3 Å². The van der Waals surface area contributed by atoms with Gasteiger partial charge in [-0.15, -0.1) is 0 Å². The highest BCUT2D eigenvalue weighted by molar-refractivity contribution is 4.84. The topological polar surface area (TPSA) is 74.7 Å². The third-order valence-electron chi connectivity index (χ3n) is 1.62. The van der Waals surface area contributed by atoms with E-state index >= 15 is 0 Å². The van der Waals surface area contributed by atoms with Crippen molar-refractivity contribution in [3.63, 3.8) is 0 Å². The highest BCUT2D eigenvalue weighted by Crippen LogP contribution is 2.02. The van der Waals surface area contributed by atoms with Gasteiger partial charge in [0.1, 0.15) is 12.7 Å². The molecule has 0 aliphatic carbocycles. The highest BCUT2D eigenvalue weighted by Gasteiger charge is 2.13. The molecule has 0 amide bonds. The van der Waals surface area contributed by atoms with Crippen LogP contribution in [0.2, 0.25) is 0 Å². The molecule has 0 saturated carbocycles. The molecule has 0 aliphatic rings. The summed E-state index contributed by atoms with van der Waals surface area (Å²) in [7, 11) is 0. The molecule has 0 aliphatic heterocycles. The second kappa shape index (κ2) is 3.83. The molecule has 1 aromatic heterocycles. The number of nitriles is 1. The van der Waals surface area contributed by atoms with Crippen LogP contribution in [-0.2, 0) is 6.54 Å². The average molecular weight is 166 g/mol. The first-order chi connectivity index (χ1) is 5.74. The molecule has 0 fully saturated rings. The van der Waals surface area contributed by atoms with Gasteiger partial charge in [-0.3, -0.25) is 4.68 Å². The smallest absolute Gasteiger partial charge is 0.137 e. The van der Waals surface area contributed by atoms with Crippen LogP contribution in [0, 0.1) is 17.2 Å². The lowest BCUT2D eigenvalue weighted by molar-refractivity contribution is 0.117. The van der Waals surface area contributed by atoms with Crippen molar-refractivity contribution in [1.82, 2.24) is 14.8 Å². The summed E-state index contributed by atoms with van der Waals surface area (Å²) in [4.78, 5) is 3.72. The summed E-state index contributed by atoms with van der Waals surface area (Å²) >= 11 is 0. The van der Waals surface area contributed by atoms with Gasteiger partial charge in [0.15, 0.2) is 0 Å². The van der Waals surface area contributed by atoms with Crippen molar-refractivity contribution in [3.05, 3.63) is 12.7 Å². The molecule has 1 aromatic rings. The molecule has 0 spiro atoms. The average Bonchev–Trinajstić information content (AvgIpc) is 2.55. The Morgan fingerprint density at radius 1 is 1.75 bits per heavy atom. The van der Waals surface area contributed by atoms with Gasteiger partial charge < -0.3 is 5.11 Å². The van der Waals surface area contributed by atoms with Crippen molar-refractivity contribution in [2.75, 3.05) is 0 Å². The quantitative estimate of drug-likeness (QED) is 0.674. The molecule has 1 N–H and O–H groups in total. The van der Waals surface area contributed by atoms with Gasteiger partial charge in [0.05, 0.1) is 24.6 Å². The van der Waals surface area contributed by atoms with Crippen LogP contribution in [0.4, 0.5) is 0 Å². The van der Waals surface area contributed by atoms with E-state index in [0.717, 1.165) is 0 Å². The Bertz CT molecular complexity index is 263. The zero-order valence-electron chi connectivity index (χ0n) is 6.75. The lowest BCUT2D eigenvalue weighted by Crippen LogP contribution is -2.22. The molecular formula is C7H10N4O. The molecule has 0 unspecified atom stereocenters. The Morgan fingerprint density at radius 2 is 2.50 bits per heavy atom. The first-order valence-corrected chi connectivity index (χ1v) is 3.64. The van der Waals surface area contributed by atoms with Crippen LogP contribution in [0.5, 0.6) is 0 Å². The molecule has 0 radical (unpaired) electrons. The van der Waals surface area contributed by atoms with Gasteiger partial charge in [-0.05, 0) is 6.92 Å². The summed E-state index contributed by atoms with van der Waals surface area (Å²) in [5, 5.41) is 21.7. The van der Waals surface area contributed by atoms with Gasteiger partial charge in [0, 0.05) is 0 Å². The van der Waals surface area contributed by atoms with Crippen LogP contribution in [0.1, 0.15) is 6.92 Å². The lowest BCUT2D eigenvalue weighted by Gasteiger charge is -2.10. The van der Waals surface area contributed by atoms with Crippen molar-refractivity contribution in [3.8, 4) is 6.07 Å². The minimum atomic E-state index is -0.684. The van der Waals surface area contributed by atoms with Crippen molar-refractivity contribution in [2.45, 2.75) is 19.6 Å². The van der Waals surface area contributed by atoms with E-state index in [0.29, 0.717) is 6.54 Å². The van der Waals surface area contributed by atoms with Crippen LogP contribution in [0.25, 0.3) is 0 Å². The number of hydrogen-bond donors (Lipinski definition) is 1. The van der Waals surface area contributed by atoms with E-state index < -0.39 is 6.10 Å². The molecule has 64 valence electrons. The van der Waals surface area contributed by atoms with Gasteiger partial charge in [-0.25, -0.2) is 4.98 Å². The Morgan fingerprint density at radius 3 is 3.00 bits per heavy atom. The zero-order valence-corrected chi connectivity index (χ0v) is 6.75. The molecule has 0 bridgehead atoms. The minimum Gasteiger partial charge on any atom is -0.390 e. The van der Waals surface area contributed by atoms with Crippen LogP contribution < -0.4 is 0 Å². The standard InChI is InChI=1S/C7H10N4O/c1-6(2-8)7(12)3-11-5-9-4-10-11/h4-7,12H,3H2,1H3/t6-,7+/m0/s1. The fourth-order valence-corrected chi connectivity index (χ4v) is 0.763. The predicted octanol–water partition coefficient (Wildman–Crippen LogP) is -0.201. The first-order valence-electron chi connectivity index (χ1n) is 3.64. The fourth-order valence-electron chi connectivity index (χ4n) is 0.763. The van der Waals surface area contributed by atoms with Crippen LogP contribution in [0.15, 0.2) is 12.7 Å². The van der Waals surface area contributed by atoms with Crippen LogP contribution in [-0.4, -0.2) is 26.0 Å². The minimum absolute atomic E-state index is 0.314. The van der Waals surface area contributed by atoms with E-state index in [1.807, 2.05) is 6.07 Å². The molecule has 12 heavy (non-hydrogen) atoms. The Hall–Kier alpha value is -1.41. The summed E-state index contributed by atoms with van der Waals surface area (Å²) in [6.07, 6.45) is 2.22. The maximum atomic E-state index is 9.38. The second-order valence-electron chi connectivity index (χ2n) is 2.60. The molecule has 1 heterocycles. The van der Waals surface area contributed by atoms with Gasteiger partial charge in [0.25, 0.3) is 0 Å². The molecule has 2 atom stereocenters. The number of rotatable bonds is 3. The third kappa shape index (κ3) is 2.04. The summed E-state index contributed by atoms with van der Waals surface area (Å²) in [5.41, 5.74) is 0. The maximum Gasteiger partial charge on any atom is 0.137 e. The summed E-state index contributed by atoms with van der Waals surface area (Å²) < 4.78 is 1.50. The Labute approximate surface area is 70.3 Å². The van der Waals surface area contributed by atoms with Crippen LogP contribution in [0.3, 0.4) is 0 Å². The van der Waals surface area contributed by atoms with E-state index in [-0.39, 0.29) is 5.92 Å². The normalized spacial score (nSPS) is 15.1. The summed E-state index contributed by atoms with van der Waals surface area (Å²) in [6.45, 7) is 1.98. The van der Waals surface area contributed by atoms with Gasteiger partial charge in [-0.2, -0.15) is 10.4 Å². The van der Waals surface area contributed by atoms with Crippen LogP contribution >= 0.6 is 0 Å². The number of aromatic nitrogens is 3. The molecule has 1 rings (SSSR count). The molecule has 0 aromatic carbocycles. The fraction of sp³-hybridized carbons (Fsp3) is 0.571. The lowest BCUT2D eigenvalue weighted by atomic mass is 10.1. The Balaban J connectivity index is 2.48. The van der Waals surface area contributed by atoms with E-state index in [2.05, 4.69) is 10.1 Å². The highest BCUT2D eigenvalue weighted by atomic mass is 16.3. The molecule has 5 nitrogen and oxygen atoms in total. The molecule has 5 heteroatoms. The van der Waals surface area contributed by atoms with Gasteiger partial charge in [0.2, 0.25) is 0 Å². The SMILES string of the molecule is C[C@@H](C#N)[C@H](O)Cn1cncn1. The van der Waals surface area contributed by atoms with Crippen molar-refractivity contribution >= 4 is 0 Å². The van der Waals surface area contributed by atoms with E-state index in [9.17, 15) is 5.11 Å². The second-order valence-corrected chi connectivity index (χ2v) is 2.60.